The summed E-state index contributed by atoms with van der Waals surface area (Å²) in [7, 11) is 0. The number of ether oxygens (including phenoxy) is 1. The van der Waals surface area contributed by atoms with E-state index >= 15 is 0 Å². The third-order valence-electron chi connectivity index (χ3n) is 4.85. The quantitative estimate of drug-likeness (QED) is 0.606. The number of oxime groups is 1. The Morgan fingerprint density at radius 3 is 2.74 bits per heavy atom. The average Bonchev–Trinajstić information content (AvgIpc) is 3.14. The molecule has 0 saturated heterocycles. The number of nitrogens with zero attached hydrogens (tertiary/aromatic N) is 2. The fraction of sp³-hybridized carbons (Fsp3) is 0.458. The predicted octanol–water partition coefficient (Wildman–Crippen LogP) is 4.65. The fourth-order valence-electron chi connectivity index (χ4n) is 3.46. The van der Waals surface area contributed by atoms with Gasteiger partial charge in [0.05, 0.1) is 24.0 Å². The standard InChI is InChI=1S/C24H30ClFN2O3/c1-24(2,3)30-16-19(29)14-28(13-17-7-6-8-18(26)11-17)15-20-12-23(27-31-20)21-9-4-5-10-22(21)25/h4-11,19-20,29H,12-16H2,1-3H3/t19-,20+/m0/s1. The molecule has 7 heteroatoms. The van der Waals surface area contributed by atoms with Crippen LogP contribution in [0.4, 0.5) is 4.39 Å². The number of benzene rings is 2. The van der Waals surface area contributed by atoms with Gasteiger partial charge in [-0.25, -0.2) is 4.39 Å². The van der Waals surface area contributed by atoms with Gasteiger partial charge in [-0.15, -0.1) is 0 Å². The van der Waals surface area contributed by atoms with Crippen molar-refractivity contribution in [1.29, 1.82) is 0 Å². The Balaban J connectivity index is 1.64. The van der Waals surface area contributed by atoms with Crippen molar-refractivity contribution in [3.8, 4) is 0 Å². The summed E-state index contributed by atoms with van der Waals surface area (Å²) in [6, 6.07) is 14.0. The van der Waals surface area contributed by atoms with Gasteiger partial charge in [0.1, 0.15) is 11.9 Å². The Hall–Kier alpha value is -1.99. The summed E-state index contributed by atoms with van der Waals surface area (Å²) >= 11 is 6.29. The van der Waals surface area contributed by atoms with Gasteiger partial charge < -0.3 is 14.7 Å². The molecule has 5 nitrogen and oxygen atoms in total. The number of halogens is 2. The summed E-state index contributed by atoms with van der Waals surface area (Å²) in [4.78, 5) is 7.71. The van der Waals surface area contributed by atoms with Gasteiger partial charge in [-0.2, -0.15) is 0 Å². The first-order valence-corrected chi connectivity index (χ1v) is 10.8. The van der Waals surface area contributed by atoms with Crippen molar-refractivity contribution in [3.63, 3.8) is 0 Å². The summed E-state index contributed by atoms with van der Waals surface area (Å²) in [5, 5.41) is 15.4. The van der Waals surface area contributed by atoms with E-state index in [4.69, 9.17) is 21.2 Å². The van der Waals surface area contributed by atoms with Crippen molar-refractivity contribution in [2.45, 2.75) is 51.5 Å². The highest BCUT2D eigenvalue weighted by molar-refractivity contribution is 6.34. The Morgan fingerprint density at radius 1 is 1.26 bits per heavy atom. The summed E-state index contributed by atoms with van der Waals surface area (Å²) in [5.41, 5.74) is 2.16. The van der Waals surface area contributed by atoms with Gasteiger partial charge in [-0.05, 0) is 44.5 Å². The summed E-state index contributed by atoms with van der Waals surface area (Å²) in [6.07, 6.45) is -0.258. The van der Waals surface area contributed by atoms with E-state index in [0.29, 0.717) is 31.1 Å². The summed E-state index contributed by atoms with van der Waals surface area (Å²) in [6.45, 7) is 7.44. The lowest BCUT2D eigenvalue weighted by atomic mass is 10.0. The lowest BCUT2D eigenvalue weighted by molar-refractivity contribution is -0.0600. The largest absolute Gasteiger partial charge is 0.390 e. The molecule has 0 fully saturated rings. The zero-order chi connectivity index (χ0) is 22.4. The Kier molecular flexibility index (Phi) is 8.06. The Morgan fingerprint density at radius 2 is 2.03 bits per heavy atom. The molecule has 0 aliphatic carbocycles. The second-order valence-electron chi connectivity index (χ2n) is 8.85. The molecule has 0 radical (unpaired) electrons. The van der Waals surface area contributed by atoms with E-state index in [1.807, 2.05) is 56.0 Å². The Bertz CT molecular complexity index is 900. The molecule has 3 rings (SSSR count). The third-order valence-corrected chi connectivity index (χ3v) is 5.18. The predicted molar refractivity (Wildman–Crippen MR) is 121 cm³/mol. The molecule has 2 aromatic rings. The van der Waals surface area contributed by atoms with Crippen molar-refractivity contribution in [2.75, 3.05) is 19.7 Å². The van der Waals surface area contributed by atoms with Crippen molar-refractivity contribution >= 4 is 17.3 Å². The van der Waals surface area contributed by atoms with Crippen LogP contribution in [0.1, 0.15) is 38.3 Å². The number of rotatable bonds is 9. The zero-order valence-corrected chi connectivity index (χ0v) is 19.0. The molecule has 0 bridgehead atoms. The molecule has 2 atom stereocenters. The van der Waals surface area contributed by atoms with Crippen LogP contribution >= 0.6 is 11.6 Å². The van der Waals surface area contributed by atoms with E-state index < -0.39 is 6.10 Å². The minimum Gasteiger partial charge on any atom is -0.390 e. The van der Waals surface area contributed by atoms with Gasteiger partial charge in [0.25, 0.3) is 0 Å². The van der Waals surface area contributed by atoms with E-state index in [1.54, 1.807) is 6.07 Å². The average molecular weight is 449 g/mol. The topological polar surface area (TPSA) is 54.3 Å². The van der Waals surface area contributed by atoms with E-state index in [0.717, 1.165) is 16.8 Å². The number of aliphatic hydroxyl groups is 1. The maximum Gasteiger partial charge on any atom is 0.145 e. The molecular formula is C24H30ClFN2O3. The van der Waals surface area contributed by atoms with Crippen LogP contribution in [-0.2, 0) is 16.1 Å². The molecule has 0 unspecified atom stereocenters. The molecule has 2 aromatic carbocycles. The molecule has 0 aromatic heterocycles. The van der Waals surface area contributed by atoms with Crippen molar-refractivity contribution in [3.05, 3.63) is 70.5 Å². The Labute approximate surface area is 188 Å². The van der Waals surface area contributed by atoms with Gasteiger partial charge in [-0.3, -0.25) is 4.90 Å². The monoisotopic (exact) mass is 448 g/mol. The second-order valence-corrected chi connectivity index (χ2v) is 9.26. The number of hydrogen-bond acceptors (Lipinski definition) is 5. The fourth-order valence-corrected chi connectivity index (χ4v) is 3.71. The van der Waals surface area contributed by atoms with E-state index in [-0.39, 0.29) is 24.1 Å². The van der Waals surface area contributed by atoms with E-state index in [9.17, 15) is 9.50 Å². The number of aliphatic hydroxyl groups excluding tert-OH is 1. The van der Waals surface area contributed by atoms with Crippen molar-refractivity contribution in [2.24, 2.45) is 5.16 Å². The molecule has 1 aliphatic rings. The van der Waals surface area contributed by atoms with E-state index in [2.05, 4.69) is 5.16 Å². The maximum atomic E-state index is 13.7. The van der Waals surface area contributed by atoms with Crippen LogP contribution in [0.5, 0.6) is 0 Å². The zero-order valence-electron chi connectivity index (χ0n) is 18.2. The molecule has 168 valence electrons. The highest BCUT2D eigenvalue weighted by atomic mass is 35.5. The van der Waals surface area contributed by atoms with Crippen LogP contribution in [0.3, 0.4) is 0 Å². The first kappa shape index (κ1) is 23.7. The van der Waals surface area contributed by atoms with Crippen LogP contribution in [0, 0.1) is 5.82 Å². The van der Waals surface area contributed by atoms with Crippen molar-refractivity contribution in [1.82, 2.24) is 4.90 Å². The highest BCUT2D eigenvalue weighted by Crippen LogP contribution is 2.24. The second kappa shape index (κ2) is 10.6. The van der Waals surface area contributed by atoms with Crippen molar-refractivity contribution < 1.29 is 19.1 Å². The lowest BCUT2D eigenvalue weighted by Crippen LogP contribution is -2.40. The molecule has 1 aliphatic heterocycles. The maximum absolute atomic E-state index is 13.7. The molecule has 0 spiro atoms. The van der Waals surface area contributed by atoms with Crippen LogP contribution < -0.4 is 0 Å². The molecule has 31 heavy (non-hydrogen) atoms. The smallest absolute Gasteiger partial charge is 0.145 e. The third kappa shape index (κ3) is 7.58. The van der Waals surface area contributed by atoms with Crippen LogP contribution in [0.15, 0.2) is 53.7 Å². The van der Waals surface area contributed by atoms with Gasteiger partial charge in [-0.1, -0.05) is 47.1 Å². The normalized spacial score (nSPS) is 17.5. The van der Waals surface area contributed by atoms with Gasteiger partial charge in [0.2, 0.25) is 0 Å². The highest BCUT2D eigenvalue weighted by Gasteiger charge is 2.27. The minimum atomic E-state index is -0.682. The number of hydrogen-bond donors (Lipinski definition) is 1. The van der Waals surface area contributed by atoms with E-state index in [1.165, 1.54) is 12.1 Å². The SMILES string of the molecule is CC(C)(C)OC[C@@H](O)CN(Cc1cccc(F)c1)C[C@H]1CC(c2ccccc2Cl)=NO1. The first-order valence-electron chi connectivity index (χ1n) is 10.5. The molecular weight excluding hydrogens is 419 g/mol. The summed E-state index contributed by atoms with van der Waals surface area (Å²) in [5.74, 6) is -0.282. The first-order chi connectivity index (χ1) is 14.7. The molecule has 0 saturated carbocycles. The molecule has 1 N–H and O–H groups in total. The van der Waals surface area contributed by atoms with Crippen LogP contribution in [0.2, 0.25) is 5.02 Å². The van der Waals surface area contributed by atoms with Crippen LogP contribution in [-0.4, -0.2) is 53.2 Å². The lowest BCUT2D eigenvalue weighted by Gasteiger charge is -2.28. The molecule has 0 amide bonds. The summed E-state index contributed by atoms with van der Waals surface area (Å²) < 4.78 is 19.4. The molecule has 1 heterocycles. The van der Waals surface area contributed by atoms with Crippen LogP contribution in [0.25, 0.3) is 0 Å². The van der Waals surface area contributed by atoms with Gasteiger partial charge in [0.15, 0.2) is 0 Å². The van der Waals surface area contributed by atoms with Gasteiger partial charge in [0, 0.05) is 36.6 Å². The van der Waals surface area contributed by atoms with Gasteiger partial charge >= 0.3 is 0 Å². The minimum absolute atomic E-state index is 0.185.